The second kappa shape index (κ2) is 9.07. The number of aromatic nitrogens is 2. The Kier molecular flexibility index (Phi) is 6.07. The minimum atomic E-state index is -0.0867. The predicted molar refractivity (Wildman–Crippen MR) is 112 cm³/mol. The van der Waals surface area contributed by atoms with Crippen LogP contribution in [0.4, 0.5) is 10.5 Å². The first-order valence-corrected chi connectivity index (χ1v) is 9.97. The van der Waals surface area contributed by atoms with Crippen molar-refractivity contribution in [3.8, 4) is 11.5 Å². The van der Waals surface area contributed by atoms with Gasteiger partial charge in [0.2, 0.25) is 11.8 Å². The first-order chi connectivity index (χ1) is 14.2. The van der Waals surface area contributed by atoms with Gasteiger partial charge in [0.15, 0.2) is 0 Å². The van der Waals surface area contributed by atoms with E-state index < -0.39 is 0 Å². The third-order valence-electron chi connectivity index (χ3n) is 4.88. The predicted octanol–water partition coefficient (Wildman–Crippen LogP) is 3.78. The molecule has 2 amide bonds. The summed E-state index contributed by atoms with van der Waals surface area (Å²) in [6, 6.07) is 16.8. The molecule has 150 valence electrons. The number of urea groups is 1. The molecule has 1 N–H and O–H groups in total. The van der Waals surface area contributed by atoms with Crippen molar-refractivity contribution < 1.29 is 9.21 Å². The van der Waals surface area contributed by atoms with Crippen LogP contribution in [0.25, 0.3) is 11.5 Å². The number of rotatable bonds is 5. The van der Waals surface area contributed by atoms with E-state index in [1.54, 1.807) is 24.3 Å². The monoisotopic (exact) mass is 411 g/mol. The molecular weight excluding hydrogens is 390 g/mol. The number of hydrogen-bond donors (Lipinski definition) is 1. The number of nitrogens with one attached hydrogen (secondary N) is 1. The summed E-state index contributed by atoms with van der Waals surface area (Å²) in [7, 11) is 0. The van der Waals surface area contributed by atoms with Crippen LogP contribution in [0.1, 0.15) is 5.89 Å². The molecule has 4 rings (SSSR count). The molecule has 0 saturated carbocycles. The van der Waals surface area contributed by atoms with Crippen LogP contribution in [-0.4, -0.2) is 58.8 Å². The van der Waals surface area contributed by atoms with E-state index in [0.29, 0.717) is 36.3 Å². The zero-order chi connectivity index (χ0) is 20.1. The number of carbonyl (C=O) groups excluding carboxylic acids is 1. The van der Waals surface area contributed by atoms with E-state index in [9.17, 15) is 4.79 Å². The average molecular weight is 412 g/mol. The smallest absolute Gasteiger partial charge is 0.321 e. The first-order valence-electron chi connectivity index (χ1n) is 9.59. The maximum atomic E-state index is 12.4. The minimum Gasteiger partial charge on any atom is -0.421 e. The maximum absolute atomic E-state index is 12.4. The van der Waals surface area contributed by atoms with Crippen molar-refractivity contribution in [3.63, 3.8) is 0 Å². The number of halogens is 1. The highest BCUT2D eigenvalue weighted by molar-refractivity contribution is 6.30. The van der Waals surface area contributed by atoms with Crippen molar-refractivity contribution >= 4 is 23.3 Å². The van der Waals surface area contributed by atoms with Gasteiger partial charge in [-0.15, -0.1) is 10.2 Å². The van der Waals surface area contributed by atoms with Crippen molar-refractivity contribution in [2.75, 3.05) is 38.0 Å². The van der Waals surface area contributed by atoms with Gasteiger partial charge in [-0.05, 0) is 36.4 Å². The number of piperazine rings is 1. The minimum absolute atomic E-state index is 0.0867. The molecule has 0 radical (unpaired) electrons. The van der Waals surface area contributed by atoms with Crippen LogP contribution >= 0.6 is 11.6 Å². The molecular formula is C21H22ClN5O2. The quantitative estimate of drug-likeness (QED) is 0.691. The number of hydrogen-bond acceptors (Lipinski definition) is 5. The summed E-state index contributed by atoms with van der Waals surface area (Å²) in [5, 5.41) is 11.8. The Labute approximate surface area is 174 Å². The van der Waals surface area contributed by atoms with E-state index in [1.807, 2.05) is 35.2 Å². The van der Waals surface area contributed by atoms with Crippen LogP contribution in [-0.2, 0) is 6.42 Å². The normalized spacial score (nSPS) is 14.7. The van der Waals surface area contributed by atoms with Crippen molar-refractivity contribution in [2.24, 2.45) is 0 Å². The highest BCUT2D eigenvalue weighted by Crippen LogP contribution is 2.18. The maximum Gasteiger partial charge on any atom is 0.321 e. The Morgan fingerprint density at radius 1 is 1.00 bits per heavy atom. The van der Waals surface area contributed by atoms with Gasteiger partial charge in [0.05, 0.1) is 0 Å². The molecule has 1 fully saturated rings. The Balaban J connectivity index is 1.22. The van der Waals surface area contributed by atoms with Crippen LogP contribution < -0.4 is 5.32 Å². The van der Waals surface area contributed by atoms with Gasteiger partial charge in [-0.1, -0.05) is 29.8 Å². The van der Waals surface area contributed by atoms with Gasteiger partial charge < -0.3 is 14.6 Å². The van der Waals surface area contributed by atoms with Gasteiger partial charge >= 0.3 is 6.03 Å². The van der Waals surface area contributed by atoms with E-state index in [4.69, 9.17) is 16.0 Å². The molecule has 0 aliphatic carbocycles. The molecule has 0 unspecified atom stereocenters. The Morgan fingerprint density at radius 3 is 2.45 bits per heavy atom. The molecule has 1 aliphatic rings. The van der Waals surface area contributed by atoms with Crippen LogP contribution in [0.2, 0.25) is 5.02 Å². The van der Waals surface area contributed by atoms with E-state index >= 15 is 0 Å². The highest BCUT2D eigenvalue weighted by atomic mass is 35.5. The van der Waals surface area contributed by atoms with Crippen LogP contribution in [0.5, 0.6) is 0 Å². The van der Waals surface area contributed by atoms with Gasteiger partial charge in [-0.3, -0.25) is 4.90 Å². The van der Waals surface area contributed by atoms with Gasteiger partial charge in [-0.25, -0.2) is 4.79 Å². The SMILES string of the molecule is O=C(Nc1ccc(Cl)cc1)N1CCN(CCc2nnc(-c3ccccc3)o2)CC1. The summed E-state index contributed by atoms with van der Waals surface area (Å²) in [5.41, 5.74) is 1.67. The lowest BCUT2D eigenvalue weighted by Gasteiger charge is -2.34. The number of anilines is 1. The lowest BCUT2D eigenvalue weighted by atomic mass is 10.2. The molecule has 1 aliphatic heterocycles. The van der Waals surface area contributed by atoms with E-state index in [2.05, 4.69) is 20.4 Å². The van der Waals surface area contributed by atoms with E-state index in [-0.39, 0.29) is 6.03 Å². The van der Waals surface area contributed by atoms with Gasteiger partial charge in [0, 0.05) is 55.4 Å². The molecule has 29 heavy (non-hydrogen) atoms. The van der Waals surface area contributed by atoms with Crippen molar-refractivity contribution in [1.29, 1.82) is 0 Å². The topological polar surface area (TPSA) is 74.5 Å². The number of nitrogens with zero attached hydrogens (tertiary/aromatic N) is 4. The third-order valence-corrected chi connectivity index (χ3v) is 5.14. The Bertz CT molecular complexity index is 937. The zero-order valence-electron chi connectivity index (χ0n) is 15.9. The Hall–Kier alpha value is -2.90. The number of amides is 2. The number of benzene rings is 2. The van der Waals surface area contributed by atoms with E-state index in [0.717, 1.165) is 30.9 Å². The fourth-order valence-corrected chi connectivity index (χ4v) is 3.34. The molecule has 7 nitrogen and oxygen atoms in total. The largest absolute Gasteiger partial charge is 0.421 e. The highest BCUT2D eigenvalue weighted by Gasteiger charge is 2.21. The lowest BCUT2D eigenvalue weighted by Crippen LogP contribution is -2.50. The molecule has 1 aromatic heterocycles. The summed E-state index contributed by atoms with van der Waals surface area (Å²) >= 11 is 5.88. The van der Waals surface area contributed by atoms with Crippen LogP contribution in [0.15, 0.2) is 59.0 Å². The second-order valence-corrected chi connectivity index (χ2v) is 7.32. The molecule has 0 spiro atoms. The van der Waals surface area contributed by atoms with E-state index in [1.165, 1.54) is 0 Å². The summed E-state index contributed by atoms with van der Waals surface area (Å²) in [6.07, 6.45) is 0.691. The second-order valence-electron chi connectivity index (χ2n) is 6.88. The fraction of sp³-hybridized carbons (Fsp3) is 0.286. The Morgan fingerprint density at radius 2 is 1.72 bits per heavy atom. The summed E-state index contributed by atoms with van der Waals surface area (Å²) in [4.78, 5) is 16.5. The molecule has 0 bridgehead atoms. The number of carbonyl (C=O) groups is 1. The van der Waals surface area contributed by atoms with Crippen LogP contribution in [0.3, 0.4) is 0 Å². The average Bonchev–Trinajstić information content (AvgIpc) is 3.24. The molecule has 2 heterocycles. The lowest BCUT2D eigenvalue weighted by molar-refractivity contribution is 0.146. The van der Waals surface area contributed by atoms with Gasteiger partial charge in [0.25, 0.3) is 0 Å². The van der Waals surface area contributed by atoms with Crippen LogP contribution in [0, 0.1) is 0 Å². The molecule has 1 saturated heterocycles. The van der Waals surface area contributed by atoms with Crippen molar-refractivity contribution in [1.82, 2.24) is 20.0 Å². The summed E-state index contributed by atoms with van der Waals surface area (Å²) < 4.78 is 5.76. The first kappa shape index (κ1) is 19.4. The van der Waals surface area contributed by atoms with Gasteiger partial charge in [0.1, 0.15) is 0 Å². The summed E-state index contributed by atoms with van der Waals surface area (Å²) in [5.74, 6) is 1.18. The van der Waals surface area contributed by atoms with Crippen molar-refractivity contribution in [2.45, 2.75) is 6.42 Å². The molecule has 2 aromatic carbocycles. The standard InChI is InChI=1S/C21H22ClN5O2/c22-17-6-8-18(9-7-17)23-21(28)27-14-12-26(13-15-27)11-10-19-24-25-20(29-19)16-4-2-1-3-5-16/h1-9H,10-15H2,(H,23,28). The van der Waals surface area contributed by atoms with Gasteiger partial charge in [-0.2, -0.15) is 0 Å². The molecule has 3 aromatic rings. The summed E-state index contributed by atoms with van der Waals surface area (Å²) in [6.45, 7) is 3.81. The fourth-order valence-electron chi connectivity index (χ4n) is 3.22. The third kappa shape index (κ3) is 5.13. The van der Waals surface area contributed by atoms with Crippen molar-refractivity contribution in [3.05, 3.63) is 65.5 Å². The molecule has 0 atom stereocenters. The molecule has 8 heteroatoms. The zero-order valence-corrected chi connectivity index (χ0v) is 16.7.